The van der Waals surface area contributed by atoms with Gasteiger partial charge in [0, 0.05) is 17.8 Å². The minimum Gasteiger partial charge on any atom is -0.467 e. The average molecular weight is 312 g/mol. The largest absolute Gasteiger partial charge is 0.467 e. The van der Waals surface area contributed by atoms with Gasteiger partial charge in [-0.15, -0.1) is 11.3 Å². The minimum atomic E-state index is -0.982. The van der Waals surface area contributed by atoms with Crippen molar-refractivity contribution in [2.45, 2.75) is 45.3 Å². The lowest BCUT2D eigenvalue weighted by atomic mass is 9.91. The highest BCUT2D eigenvalue weighted by atomic mass is 32.1. The Hall–Kier alpha value is -0.980. The first-order chi connectivity index (χ1) is 10.0. The Morgan fingerprint density at radius 1 is 1.52 bits per heavy atom. The van der Waals surface area contributed by atoms with Gasteiger partial charge in [-0.3, -0.25) is 4.90 Å². The maximum Gasteiger partial charge on any atom is 0.334 e. The summed E-state index contributed by atoms with van der Waals surface area (Å²) in [4.78, 5) is 18.3. The van der Waals surface area contributed by atoms with E-state index in [0.29, 0.717) is 5.92 Å². The maximum absolute atomic E-state index is 11.4. The summed E-state index contributed by atoms with van der Waals surface area (Å²) in [5.41, 5.74) is 1.12. The molecule has 1 N–H and O–H groups in total. The van der Waals surface area contributed by atoms with Gasteiger partial charge in [0.25, 0.3) is 0 Å². The monoisotopic (exact) mass is 312 g/mol. The molecule has 1 atom stereocenters. The zero-order valence-electron chi connectivity index (χ0n) is 12.9. The Labute approximate surface area is 129 Å². The molecule has 0 amide bonds. The Morgan fingerprint density at radius 2 is 2.19 bits per heavy atom. The summed E-state index contributed by atoms with van der Waals surface area (Å²) in [6.45, 7) is 6.93. The number of carbonyl (C=O) groups is 1. The Kier molecular flexibility index (Phi) is 5.72. The molecule has 118 valence electrons. The summed E-state index contributed by atoms with van der Waals surface area (Å²) in [6, 6.07) is 0. The number of esters is 1. The van der Waals surface area contributed by atoms with E-state index < -0.39 is 12.1 Å². The minimum absolute atomic E-state index is 0.00959. The number of methoxy groups -OCH3 is 1. The van der Waals surface area contributed by atoms with Crippen molar-refractivity contribution in [3.63, 3.8) is 0 Å². The predicted molar refractivity (Wildman–Crippen MR) is 82.2 cm³/mol. The molecule has 1 fully saturated rings. The normalized spacial score (nSPS) is 18.9. The molecule has 6 heteroatoms. The van der Waals surface area contributed by atoms with Crippen LogP contribution in [-0.2, 0) is 16.1 Å². The Morgan fingerprint density at radius 3 is 2.71 bits per heavy atom. The zero-order valence-corrected chi connectivity index (χ0v) is 13.7. The van der Waals surface area contributed by atoms with Gasteiger partial charge >= 0.3 is 5.97 Å². The molecule has 1 aromatic heterocycles. The van der Waals surface area contributed by atoms with Crippen molar-refractivity contribution in [3.8, 4) is 0 Å². The fourth-order valence-electron chi connectivity index (χ4n) is 2.63. The number of rotatable bonds is 5. The molecule has 0 spiro atoms. The number of likely N-dealkylation sites (tertiary alicyclic amines) is 1. The topological polar surface area (TPSA) is 62.7 Å². The molecular formula is C15H24N2O3S. The molecule has 0 aliphatic carbocycles. The van der Waals surface area contributed by atoms with Gasteiger partial charge in [-0.2, -0.15) is 0 Å². The molecule has 0 bridgehead atoms. The summed E-state index contributed by atoms with van der Waals surface area (Å²) in [5, 5.41) is 13.2. The van der Waals surface area contributed by atoms with Crippen LogP contribution in [0.25, 0.3) is 0 Å². The fraction of sp³-hybridized carbons (Fsp3) is 0.733. The van der Waals surface area contributed by atoms with E-state index in [-0.39, 0.29) is 5.92 Å². The van der Waals surface area contributed by atoms with Crippen molar-refractivity contribution in [1.29, 1.82) is 0 Å². The molecule has 1 aliphatic heterocycles. The third-order valence-electron chi connectivity index (χ3n) is 3.97. The number of nitrogens with zero attached hydrogens (tertiary/aromatic N) is 2. The van der Waals surface area contributed by atoms with E-state index in [4.69, 9.17) is 0 Å². The van der Waals surface area contributed by atoms with Gasteiger partial charge < -0.3 is 9.84 Å². The second-order valence-corrected chi connectivity index (χ2v) is 6.80. The van der Waals surface area contributed by atoms with Crippen molar-refractivity contribution in [3.05, 3.63) is 16.1 Å². The second-order valence-electron chi connectivity index (χ2n) is 5.91. The molecule has 0 aromatic carbocycles. The standard InChI is InChI=1S/C15H24N2O3S/c1-10(2)14-16-12(9-21-14)8-17-6-4-11(5-7-17)13(18)15(19)20-3/h9-11,13,18H,4-8H2,1-3H3/t13-/m1/s1. The zero-order chi connectivity index (χ0) is 15.4. The Balaban J connectivity index is 1.82. The number of hydrogen-bond donors (Lipinski definition) is 1. The summed E-state index contributed by atoms with van der Waals surface area (Å²) >= 11 is 1.72. The van der Waals surface area contributed by atoms with Gasteiger partial charge in [0.1, 0.15) is 0 Å². The van der Waals surface area contributed by atoms with Gasteiger partial charge in [-0.1, -0.05) is 13.8 Å². The van der Waals surface area contributed by atoms with E-state index in [9.17, 15) is 9.90 Å². The third-order valence-corrected chi connectivity index (χ3v) is 5.16. The van der Waals surface area contributed by atoms with Gasteiger partial charge in [-0.25, -0.2) is 9.78 Å². The molecule has 2 heterocycles. The van der Waals surface area contributed by atoms with Crippen LogP contribution in [0.15, 0.2) is 5.38 Å². The predicted octanol–water partition coefficient (Wildman–Crippen LogP) is 2.01. The van der Waals surface area contributed by atoms with Gasteiger partial charge in [0.05, 0.1) is 17.8 Å². The molecule has 0 saturated carbocycles. The average Bonchev–Trinajstić information content (AvgIpc) is 2.95. The number of carbonyl (C=O) groups excluding carboxylic acids is 1. The number of piperidine rings is 1. The van der Waals surface area contributed by atoms with Crippen molar-refractivity contribution in [2.24, 2.45) is 5.92 Å². The van der Waals surface area contributed by atoms with E-state index in [2.05, 4.69) is 33.8 Å². The smallest absolute Gasteiger partial charge is 0.334 e. The molecule has 1 saturated heterocycles. The number of aliphatic hydroxyl groups excluding tert-OH is 1. The molecule has 2 rings (SSSR count). The second kappa shape index (κ2) is 7.33. The summed E-state index contributed by atoms with van der Waals surface area (Å²) in [6.07, 6.45) is 0.651. The van der Waals surface area contributed by atoms with Crippen molar-refractivity contribution in [1.82, 2.24) is 9.88 Å². The third kappa shape index (κ3) is 4.25. The van der Waals surface area contributed by atoms with E-state index >= 15 is 0 Å². The number of thiazole rings is 1. The molecular weight excluding hydrogens is 288 g/mol. The van der Waals surface area contributed by atoms with Crippen LogP contribution >= 0.6 is 11.3 Å². The van der Waals surface area contributed by atoms with E-state index in [1.807, 2.05) is 0 Å². The van der Waals surface area contributed by atoms with Crippen LogP contribution < -0.4 is 0 Å². The van der Waals surface area contributed by atoms with Crippen LogP contribution in [0.2, 0.25) is 0 Å². The summed E-state index contributed by atoms with van der Waals surface area (Å²) in [5.74, 6) is -0.0328. The van der Waals surface area contributed by atoms with Gasteiger partial charge in [0.2, 0.25) is 0 Å². The van der Waals surface area contributed by atoms with Crippen LogP contribution in [0, 0.1) is 5.92 Å². The van der Waals surface area contributed by atoms with Crippen molar-refractivity contribution in [2.75, 3.05) is 20.2 Å². The first-order valence-corrected chi connectivity index (χ1v) is 8.31. The molecule has 1 aromatic rings. The number of ether oxygens (including phenoxy) is 1. The van der Waals surface area contributed by atoms with Crippen LogP contribution in [0.5, 0.6) is 0 Å². The first kappa shape index (κ1) is 16.4. The molecule has 1 aliphatic rings. The molecule has 21 heavy (non-hydrogen) atoms. The van der Waals surface area contributed by atoms with E-state index in [1.54, 1.807) is 11.3 Å². The molecule has 0 unspecified atom stereocenters. The highest BCUT2D eigenvalue weighted by Crippen LogP contribution is 2.24. The van der Waals surface area contributed by atoms with Crippen molar-refractivity contribution >= 4 is 17.3 Å². The highest BCUT2D eigenvalue weighted by molar-refractivity contribution is 7.09. The van der Waals surface area contributed by atoms with E-state index in [0.717, 1.165) is 38.2 Å². The highest BCUT2D eigenvalue weighted by Gasteiger charge is 2.30. The number of hydrogen-bond acceptors (Lipinski definition) is 6. The quantitative estimate of drug-likeness (QED) is 0.843. The maximum atomic E-state index is 11.4. The summed E-state index contributed by atoms with van der Waals surface area (Å²) < 4.78 is 4.60. The number of aliphatic hydroxyl groups is 1. The number of aromatic nitrogens is 1. The lowest BCUT2D eigenvalue weighted by Gasteiger charge is -2.32. The molecule has 5 nitrogen and oxygen atoms in total. The van der Waals surface area contributed by atoms with Gasteiger partial charge in [0.15, 0.2) is 6.10 Å². The first-order valence-electron chi connectivity index (χ1n) is 7.43. The fourth-order valence-corrected chi connectivity index (χ4v) is 3.46. The van der Waals surface area contributed by atoms with Crippen LogP contribution in [0.4, 0.5) is 0 Å². The van der Waals surface area contributed by atoms with Crippen LogP contribution in [0.3, 0.4) is 0 Å². The van der Waals surface area contributed by atoms with Crippen LogP contribution in [-0.4, -0.2) is 47.3 Å². The molecule has 0 radical (unpaired) electrons. The van der Waals surface area contributed by atoms with Crippen LogP contribution in [0.1, 0.15) is 43.3 Å². The summed E-state index contributed by atoms with van der Waals surface area (Å²) in [7, 11) is 1.31. The lowest BCUT2D eigenvalue weighted by Crippen LogP contribution is -2.40. The van der Waals surface area contributed by atoms with Crippen molar-refractivity contribution < 1.29 is 14.6 Å². The van der Waals surface area contributed by atoms with E-state index in [1.165, 1.54) is 12.1 Å². The SMILES string of the molecule is COC(=O)[C@H](O)C1CCN(Cc2csc(C(C)C)n2)CC1. The van der Waals surface area contributed by atoms with Gasteiger partial charge in [-0.05, 0) is 31.8 Å². The lowest BCUT2D eigenvalue weighted by molar-refractivity contribution is -0.154. The Bertz CT molecular complexity index is 467.